The Morgan fingerprint density at radius 3 is 2.55 bits per heavy atom. The van der Waals surface area contributed by atoms with Crippen LogP contribution in [0.15, 0.2) is 71.9 Å². The van der Waals surface area contributed by atoms with Crippen LogP contribution in [0.25, 0.3) is 5.69 Å². The minimum Gasteiger partial charge on any atom is -0.323 e. The number of amides is 1. The van der Waals surface area contributed by atoms with E-state index in [2.05, 4.69) is 21.6 Å². The van der Waals surface area contributed by atoms with E-state index in [9.17, 15) is 13.6 Å². The zero-order valence-electron chi connectivity index (χ0n) is 18.2. The van der Waals surface area contributed by atoms with Gasteiger partial charge >= 0.3 is 0 Å². The number of rotatable bonds is 7. The zero-order chi connectivity index (χ0) is 23.4. The molecule has 1 N–H and O–H groups in total. The van der Waals surface area contributed by atoms with Crippen molar-refractivity contribution in [3.8, 4) is 5.69 Å². The number of nitrogens with zero attached hydrogens (tertiary/aromatic N) is 3. The van der Waals surface area contributed by atoms with E-state index in [0.29, 0.717) is 11.6 Å². The van der Waals surface area contributed by atoms with Crippen molar-refractivity contribution in [2.75, 3.05) is 11.1 Å². The quantitative estimate of drug-likeness (QED) is 0.368. The molecular formula is C25H22F2N4OS. The van der Waals surface area contributed by atoms with Crippen molar-refractivity contribution in [2.45, 2.75) is 25.4 Å². The van der Waals surface area contributed by atoms with E-state index in [1.54, 1.807) is 0 Å². The Kier molecular flexibility index (Phi) is 6.84. The Morgan fingerprint density at radius 2 is 1.79 bits per heavy atom. The highest BCUT2D eigenvalue weighted by Gasteiger charge is 2.18. The SMILES string of the molecule is Cc1ccc(-n2c(Cc3ccccc3)nnc2SCC(=O)Nc2cc(F)ccc2F)c(C)c1. The monoisotopic (exact) mass is 464 g/mol. The number of hydrogen-bond acceptors (Lipinski definition) is 4. The van der Waals surface area contributed by atoms with Gasteiger partial charge in [-0.2, -0.15) is 0 Å². The summed E-state index contributed by atoms with van der Waals surface area (Å²) >= 11 is 1.18. The van der Waals surface area contributed by atoms with E-state index in [1.807, 2.05) is 60.9 Å². The molecule has 0 saturated carbocycles. The van der Waals surface area contributed by atoms with Gasteiger partial charge in [-0.15, -0.1) is 10.2 Å². The van der Waals surface area contributed by atoms with Crippen molar-refractivity contribution in [2.24, 2.45) is 0 Å². The number of nitrogens with one attached hydrogen (secondary N) is 1. The molecule has 4 rings (SSSR count). The molecule has 0 saturated heterocycles. The summed E-state index contributed by atoms with van der Waals surface area (Å²) in [6, 6.07) is 19.0. The second kappa shape index (κ2) is 9.95. The third-order valence-electron chi connectivity index (χ3n) is 5.03. The standard InChI is InChI=1S/C25H22F2N4OS/c1-16-8-11-22(17(2)12-16)31-23(13-18-6-4-3-5-7-18)29-30-25(31)33-15-24(32)28-21-14-19(26)9-10-20(21)27/h3-12,14H,13,15H2,1-2H3,(H,28,32). The van der Waals surface area contributed by atoms with Crippen LogP contribution >= 0.6 is 11.8 Å². The summed E-state index contributed by atoms with van der Waals surface area (Å²) in [5.74, 6) is -1.08. The maximum Gasteiger partial charge on any atom is 0.234 e. The number of carbonyl (C=O) groups is 1. The van der Waals surface area contributed by atoms with Crippen molar-refractivity contribution in [1.29, 1.82) is 0 Å². The summed E-state index contributed by atoms with van der Waals surface area (Å²) in [5.41, 5.74) is 4.01. The average molecular weight is 465 g/mol. The molecule has 1 amide bonds. The minimum absolute atomic E-state index is 0.0374. The number of hydrogen-bond donors (Lipinski definition) is 1. The van der Waals surface area contributed by atoms with Gasteiger partial charge in [0.15, 0.2) is 5.16 Å². The molecule has 4 aromatic rings. The molecule has 0 aliphatic heterocycles. The lowest BCUT2D eigenvalue weighted by molar-refractivity contribution is -0.113. The number of carbonyl (C=O) groups excluding carboxylic acids is 1. The Balaban J connectivity index is 1.59. The van der Waals surface area contributed by atoms with Crippen molar-refractivity contribution in [3.05, 3.63) is 101 Å². The van der Waals surface area contributed by atoms with Crippen LogP contribution in [0, 0.1) is 25.5 Å². The van der Waals surface area contributed by atoms with Gasteiger partial charge in [0.25, 0.3) is 0 Å². The Labute approximate surface area is 194 Å². The summed E-state index contributed by atoms with van der Waals surface area (Å²) < 4.78 is 29.2. The third-order valence-corrected chi connectivity index (χ3v) is 5.96. The smallest absolute Gasteiger partial charge is 0.234 e. The second-order valence-electron chi connectivity index (χ2n) is 7.65. The first-order valence-electron chi connectivity index (χ1n) is 10.3. The molecule has 1 aromatic heterocycles. The number of aryl methyl sites for hydroxylation is 2. The van der Waals surface area contributed by atoms with Gasteiger partial charge in [-0.1, -0.05) is 59.8 Å². The highest BCUT2D eigenvalue weighted by molar-refractivity contribution is 7.99. The van der Waals surface area contributed by atoms with Crippen molar-refractivity contribution >= 4 is 23.4 Å². The maximum absolute atomic E-state index is 13.9. The Bertz CT molecular complexity index is 1290. The van der Waals surface area contributed by atoms with Crippen LogP contribution in [0.3, 0.4) is 0 Å². The van der Waals surface area contributed by atoms with E-state index in [1.165, 1.54) is 11.8 Å². The first kappa shape index (κ1) is 22.7. The van der Waals surface area contributed by atoms with Crippen LogP contribution in [0.1, 0.15) is 22.5 Å². The fourth-order valence-corrected chi connectivity index (χ4v) is 4.26. The Hall–Kier alpha value is -3.52. The number of benzene rings is 3. The van der Waals surface area contributed by atoms with E-state index < -0.39 is 17.5 Å². The molecule has 5 nitrogen and oxygen atoms in total. The first-order valence-corrected chi connectivity index (χ1v) is 11.3. The molecule has 168 valence electrons. The fraction of sp³-hybridized carbons (Fsp3) is 0.160. The molecule has 0 radical (unpaired) electrons. The summed E-state index contributed by atoms with van der Waals surface area (Å²) in [5, 5.41) is 11.7. The lowest BCUT2D eigenvalue weighted by Crippen LogP contribution is -2.16. The van der Waals surface area contributed by atoms with E-state index in [-0.39, 0.29) is 11.4 Å². The number of thioether (sulfide) groups is 1. The van der Waals surface area contributed by atoms with Gasteiger partial charge in [-0.3, -0.25) is 9.36 Å². The van der Waals surface area contributed by atoms with Gasteiger partial charge in [-0.05, 0) is 43.2 Å². The van der Waals surface area contributed by atoms with Gasteiger partial charge < -0.3 is 5.32 Å². The predicted molar refractivity (Wildman–Crippen MR) is 126 cm³/mol. The molecule has 3 aromatic carbocycles. The molecule has 0 spiro atoms. The molecular weight excluding hydrogens is 442 g/mol. The van der Waals surface area contributed by atoms with Crippen molar-refractivity contribution < 1.29 is 13.6 Å². The molecule has 0 unspecified atom stereocenters. The molecule has 0 bridgehead atoms. The zero-order valence-corrected chi connectivity index (χ0v) is 19.0. The molecule has 8 heteroatoms. The fourth-order valence-electron chi connectivity index (χ4n) is 3.49. The number of anilines is 1. The Morgan fingerprint density at radius 1 is 1.00 bits per heavy atom. The predicted octanol–water partition coefficient (Wildman–Crippen LogP) is 5.48. The highest BCUT2D eigenvalue weighted by Crippen LogP contribution is 2.26. The van der Waals surface area contributed by atoms with E-state index in [4.69, 9.17) is 0 Å². The van der Waals surface area contributed by atoms with Crippen LogP contribution in [0.5, 0.6) is 0 Å². The maximum atomic E-state index is 13.9. The number of aromatic nitrogens is 3. The minimum atomic E-state index is -0.696. The van der Waals surface area contributed by atoms with E-state index >= 15 is 0 Å². The molecule has 1 heterocycles. The van der Waals surface area contributed by atoms with Crippen molar-refractivity contribution in [1.82, 2.24) is 14.8 Å². The van der Waals surface area contributed by atoms with E-state index in [0.717, 1.165) is 46.4 Å². The van der Waals surface area contributed by atoms with Crippen molar-refractivity contribution in [3.63, 3.8) is 0 Å². The topological polar surface area (TPSA) is 59.8 Å². The second-order valence-corrected chi connectivity index (χ2v) is 8.59. The van der Waals surface area contributed by atoms with Gasteiger partial charge in [0.05, 0.1) is 17.1 Å². The average Bonchev–Trinajstić information content (AvgIpc) is 3.17. The molecule has 0 atom stereocenters. The van der Waals surface area contributed by atoms with Gasteiger partial charge in [0, 0.05) is 12.5 Å². The summed E-state index contributed by atoms with van der Waals surface area (Å²) in [7, 11) is 0. The van der Waals surface area contributed by atoms with Gasteiger partial charge in [-0.25, -0.2) is 8.78 Å². The van der Waals surface area contributed by atoms with Crippen LogP contribution in [0.4, 0.5) is 14.5 Å². The molecule has 33 heavy (non-hydrogen) atoms. The lowest BCUT2D eigenvalue weighted by atomic mass is 10.1. The van der Waals surface area contributed by atoms with Crippen LogP contribution in [-0.4, -0.2) is 26.4 Å². The van der Waals surface area contributed by atoms with Crippen LogP contribution < -0.4 is 5.32 Å². The summed E-state index contributed by atoms with van der Waals surface area (Å²) in [4.78, 5) is 12.4. The highest BCUT2D eigenvalue weighted by atomic mass is 32.2. The molecule has 0 aliphatic carbocycles. The third kappa shape index (κ3) is 5.46. The van der Waals surface area contributed by atoms with Crippen LogP contribution in [-0.2, 0) is 11.2 Å². The number of halogens is 2. The van der Waals surface area contributed by atoms with Gasteiger partial charge in [0.2, 0.25) is 5.91 Å². The van der Waals surface area contributed by atoms with Crippen LogP contribution in [0.2, 0.25) is 0 Å². The first-order chi connectivity index (χ1) is 15.9. The molecule has 0 fully saturated rings. The lowest BCUT2D eigenvalue weighted by Gasteiger charge is -2.14. The molecule has 0 aliphatic rings. The summed E-state index contributed by atoms with van der Waals surface area (Å²) in [6.07, 6.45) is 0.572. The normalized spacial score (nSPS) is 10.9. The largest absolute Gasteiger partial charge is 0.323 e. The van der Waals surface area contributed by atoms with Gasteiger partial charge in [0.1, 0.15) is 17.5 Å². The summed E-state index contributed by atoms with van der Waals surface area (Å²) in [6.45, 7) is 4.04.